The average Bonchev–Trinajstić information content (AvgIpc) is 3.20. The minimum Gasteiger partial charge on any atom is -0.507 e. The molecule has 2 aromatic carbocycles. The van der Waals surface area contributed by atoms with Crippen molar-refractivity contribution < 1.29 is 33.6 Å². The van der Waals surface area contributed by atoms with Crippen LogP contribution in [0.3, 0.4) is 0 Å². The molecule has 1 aliphatic rings. The molecular formula is C23H21NO8. The van der Waals surface area contributed by atoms with Gasteiger partial charge in [-0.05, 0) is 36.8 Å². The second-order valence-corrected chi connectivity index (χ2v) is 7.25. The number of hydrogen-bond donors (Lipinski definition) is 3. The van der Waals surface area contributed by atoms with Crippen LogP contribution in [0.4, 0.5) is 5.69 Å². The molecule has 0 saturated heterocycles. The summed E-state index contributed by atoms with van der Waals surface area (Å²) in [5, 5.41) is 23.4. The second-order valence-electron chi connectivity index (χ2n) is 7.25. The summed E-state index contributed by atoms with van der Waals surface area (Å²) in [5.41, 5.74) is 0.0611. The van der Waals surface area contributed by atoms with Gasteiger partial charge in [0.05, 0.1) is 12.7 Å². The highest BCUT2D eigenvalue weighted by Gasteiger charge is 2.27. The largest absolute Gasteiger partial charge is 0.507 e. The van der Waals surface area contributed by atoms with E-state index in [1.807, 2.05) is 0 Å². The Morgan fingerprint density at radius 3 is 2.59 bits per heavy atom. The molecular weight excluding hydrogens is 418 g/mol. The molecule has 0 fully saturated rings. The maximum absolute atomic E-state index is 12.9. The van der Waals surface area contributed by atoms with Crippen LogP contribution in [0.25, 0.3) is 0 Å². The number of aromatic hydroxyl groups is 2. The Bertz CT molecular complexity index is 1230. The number of fused-ring (bicyclic) bond motifs is 1. The van der Waals surface area contributed by atoms with E-state index >= 15 is 0 Å². The molecule has 3 aromatic rings. The van der Waals surface area contributed by atoms with E-state index in [1.54, 1.807) is 24.3 Å². The predicted octanol–water partition coefficient (Wildman–Crippen LogP) is 3.26. The van der Waals surface area contributed by atoms with Crippen LogP contribution in [0.2, 0.25) is 0 Å². The number of nitrogens with one attached hydrogen (secondary N) is 1. The van der Waals surface area contributed by atoms with Gasteiger partial charge in [-0.2, -0.15) is 0 Å². The summed E-state index contributed by atoms with van der Waals surface area (Å²) < 4.78 is 20.8. The first-order valence-electron chi connectivity index (χ1n) is 9.75. The van der Waals surface area contributed by atoms with Crippen LogP contribution in [0.15, 0.2) is 51.7 Å². The number of hydrogen-bond acceptors (Lipinski definition) is 8. The second kappa shape index (κ2) is 8.54. The van der Waals surface area contributed by atoms with Crippen LogP contribution in [-0.2, 0) is 4.79 Å². The van der Waals surface area contributed by atoms with Crippen molar-refractivity contribution >= 4 is 11.6 Å². The number of phenolic OH excluding ortho intramolecular Hbond substituents is 1. The minimum absolute atomic E-state index is 0.0824. The zero-order valence-electron chi connectivity index (χ0n) is 17.4. The van der Waals surface area contributed by atoms with Crippen LogP contribution in [0.5, 0.6) is 28.7 Å². The maximum atomic E-state index is 12.9. The van der Waals surface area contributed by atoms with E-state index in [2.05, 4.69) is 5.32 Å². The van der Waals surface area contributed by atoms with Crippen LogP contribution in [-0.4, -0.2) is 30.0 Å². The zero-order valence-corrected chi connectivity index (χ0v) is 17.4. The Morgan fingerprint density at radius 2 is 1.88 bits per heavy atom. The first-order chi connectivity index (χ1) is 15.4. The SMILES string of the molecule is COc1ccc([C@H](CC(=O)Nc2ccc3c(c2)OCO3)c2c(O)cc(C)oc2=O)cc1O. The van der Waals surface area contributed by atoms with Gasteiger partial charge in [0, 0.05) is 30.2 Å². The molecule has 4 rings (SSSR count). The number of ether oxygens (including phenoxy) is 3. The molecule has 0 bridgehead atoms. The van der Waals surface area contributed by atoms with Gasteiger partial charge in [0.15, 0.2) is 23.0 Å². The lowest BCUT2D eigenvalue weighted by Gasteiger charge is -2.19. The van der Waals surface area contributed by atoms with Crippen LogP contribution in [0.1, 0.15) is 29.2 Å². The molecule has 1 amide bonds. The van der Waals surface area contributed by atoms with Gasteiger partial charge >= 0.3 is 5.63 Å². The van der Waals surface area contributed by atoms with Crippen molar-refractivity contribution in [3.8, 4) is 28.7 Å². The Labute approximate surface area is 182 Å². The highest BCUT2D eigenvalue weighted by atomic mass is 16.7. The molecule has 166 valence electrons. The van der Waals surface area contributed by atoms with Crippen molar-refractivity contribution in [2.24, 2.45) is 0 Å². The molecule has 1 atom stereocenters. The Balaban J connectivity index is 1.67. The smallest absolute Gasteiger partial charge is 0.343 e. The maximum Gasteiger partial charge on any atom is 0.343 e. The lowest BCUT2D eigenvalue weighted by Crippen LogP contribution is -2.21. The summed E-state index contributed by atoms with van der Waals surface area (Å²) in [5.74, 6) is -0.221. The van der Waals surface area contributed by atoms with Crippen molar-refractivity contribution in [1.82, 2.24) is 0 Å². The van der Waals surface area contributed by atoms with Gasteiger partial charge in [0.2, 0.25) is 12.7 Å². The van der Waals surface area contributed by atoms with E-state index in [0.717, 1.165) is 0 Å². The van der Waals surface area contributed by atoms with Crippen molar-refractivity contribution in [2.45, 2.75) is 19.3 Å². The molecule has 0 spiro atoms. The van der Waals surface area contributed by atoms with Gasteiger partial charge < -0.3 is 34.2 Å². The fraction of sp³-hybridized carbons (Fsp3) is 0.217. The Morgan fingerprint density at radius 1 is 1.09 bits per heavy atom. The van der Waals surface area contributed by atoms with Gasteiger partial charge in [-0.3, -0.25) is 4.79 Å². The van der Waals surface area contributed by atoms with E-state index in [0.29, 0.717) is 22.7 Å². The van der Waals surface area contributed by atoms with Crippen molar-refractivity contribution in [1.29, 1.82) is 0 Å². The Hall–Kier alpha value is -4.14. The molecule has 0 saturated carbocycles. The third-order valence-electron chi connectivity index (χ3n) is 5.09. The highest BCUT2D eigenvalue weighted by Crippen LogP contribution is 2.37. The summed E-state index contributed by atoms with van der Waals surface area (Å²) >= 11 is 0. The quantitative estimate of drug-likeness (QED) is 0.534. The van der Waals surface area contributed by atoms with Gasteiger partial charge in [0.25, 0.3) is 0 Å². The fourth-order valence-electron chi connectivity index (χ4n) is 3.61. The number of carbonyl (C=O) groups is 1. The lowest BCUT2D eigenvalue weighted by molar-refractivity contribution is -0.116. The molecule has 9 nitrogen and oxygen atoms in total. The van der Waals surface area contributed by atoms with Gasteiger partial charge in [-0.1, -0.05) is 6.07 Å². The molecule has 0 radical (unpaired) electrons. The predicted molar refractivity (Wildman–Crippen MR) is 114 cm³/mol. The van der Waals surface area contributed by atoms with E-state index in [4.69, 9.17) is 18.6 Å². The number of methoxy groups -OCH3 is 1. The molecule has 3 N–H and O–H groups in total. The molecule has 9 heteroatoms. The van der Waals surface area contributed by atoms with Gasteiger partial charge in [-0.25, -0.2) is 4.79 Å². The van der Waals surface area contributed by atoms with E-state index in [-0.39, 0.29) is 41.8 Å². The number of aryl methyl sites for hydroxylation is 1. The summed E-state index contributed by atoms with van der Waals surface area (Å²) in [6.45, 7) is 1.64. The number of carbonyl (C=O) groups excluding carboxylic acids is 1. The topological polar surface area (TPSA) is 127 Å². The monoisotopic (exact) mass is 439 g/mol. The third kappa shape index (κ3) is 4.18. The molecule has 1 aliphatic heterocycles. The van der Waals surface area contributed by atoms with Gasteiger partial charge in [0.1, 0.15) is 11.5 Å². The highest BCUT2D eigenvalue weighted by molar-refractivity contribution is 5.92. The summed E-state index contributed by atoms with van der Waals surface area (Å²) in [6.07, 6.45) is -0.207. The van der Waals surface area contributed by atoms with Crippen LogP contribution >= 0.6 is 0 Å². The standard InChI is InChI=1S/C23H21NO8/c1-12-7-17(26)22(23(28)32-12)15(13-3-5-18(29-2)16(25)8-13)10-21(27)24-14-4-6-19-20(9-14)31-11-30-19/h3-9,15,25-26H,10-11H2,1-2H3,(H,24,27)/t15-/m0/s1. The zero-order chi connectivity index (χ0) is 22.8. The molecule has 1 aromatic heterocycles. The number of phenols is 1. The Kier molecular flexibility index (Phi) is 5.63. The summed E-state index contributed by atoms with van der Waals surface area (Å²) in [4.78, 5) is 25.5. The lowest BCUT2D eigenvalue weighted by atomic mass is 9.88. The van der Waals surface area contributed by atoms with E-state index in [1.165, 1.54) is 32.2 Å². The summed E-state index contributed by atoms with van der Waals surface area (Å²) in [7, 11) is 1.41. The minimum atomic E-state index is -0.891. The van der Waals surface area contributed by atoms with Crippen molar-refractivity contribution in [2.75, 3.05) is 19.2 Å². The molecule has 32 heavy (non-hydrogen) atoms. The average molecular weight is 439 g/mol. The third-order valence-corrected chi connectivity index (χ3v) is 5.09. The number of amides is 1. The van der Waals surface area contributed by atoms with Crippen molar-refractivity contribution in [3.05, 3.63) is 69.8 Å². The fourth-order valence-corrected chi connectivity index (χ4v) is 3.61. The van der Waals surface area contributed by atoms with Crippen LogP contribution < -0.4 is 25.2 Å². The van der Waals surface area contributed by atoms with E-state index < -0.39 is 17.5 Å². The number of benzene rings is 2. The van der Waals surface area contributed by atoms with E-state index in [9.17, 15) is 19.8 Å². The van der Waals surface area contributed by atoms with Crippen molar-refractivity contribution in [3.63, 3.8) is 0 Å². The first kappa shape index (κ1) is 21.1. The van der Waals surface area contributed by atoms with Crippen LogP contribution in [0, 0.1) is 6.92 Å². The molecule has 2 heterocycles. The molecule has 0 aliphatic carbocycles. The number of rotatable bonds is 6. The number of anilines is 1. The normalized spacial score (nSPS) is 12.9. The summed E-state index contributed by atoms with van der Waals surface area (Å²) in [6, 6.07) is 10.8. The first-order valence-corrected chi connectivity index (χ1v) is 9.75. The van der Waals surface area contributed by atoms with Gasteiger partial charge in [-0.15, -0.1) is 0 Å². The molecule has 0 unspecified atom stereocenters.